The van der Waals surface area contributed by atoms with Gasteiger partial charge in [0.2, 0.25) is 11.8 Å². The van der Waals surface area contributed by atoms with E-state index in [0.717, 1.165) is 12.8 Å². The number of guanidine groups is 1. The zero-order valence-corrected chi connectivity index (χ0v) is 17.4. The topological polar surface area (TPSA) is 103 Å². The van der Waals surface area contributed by atoms with E-state index >= 15 is 4.39 Å². The van der Waals surface area contributed by atoms with Crippen LogP contribution in [0.1, 0.15) is 30.7 Å². The minimum atomic E-state index is -1.23. The molecule has 0 radical (unpaired) electrons. The summed E-state index contributed by atoms with van der Waals surface area (Å²) in [6.45, 7) is 1.84. The van der Waals surface area contributed by atoms with Crippen LogP contribution in [0.25, 0.3) is 0 Å². The summed E-state index contributed by atoms with van der Waals surface area (Å²) in [4.78, 5) is 27.4. The van der Waals surface area contributed by atoms with Gasteiger partial charge in [-0.15, -0.1) is 0 Å². The number of hydrogen-bond donors (Lipinski definition) is 1. The quantitative estimate of drug-likeness (QED) is 0.807. The van der Waals surface area contributed by atoms with Crippen molar-refractivity contribution in [3.63, 3.8) is 0 Å². The molecule has 3 atom stereocenters. The number of nitrogens with two attached hydrogens (primary N) is 1. The summed E-state index contributed by atoms with van der Waals surface area (Å²) in [5.74, 6) is 0.574. The predicted octanol–water partition coefficient (Wildman–Crippen LogP) is 2.51. The number of aliphatic imine (C=N–C) groups is 1. The van der Waals surface area contributed by atoms with E-state index < -0.39 is 17.3 Å². The van der Waals surface area contributed by atoms with Gasteiger partial charge in [0.05, 0.1) is 18.6 Å². The first-order chi connectivity index (χ1) is 14.9. The molecule has 1 amide bonds. The highest BCUT2D eigenvalue weighted by Gasteiger charge is 2.56. The van der Waals surface area contributed by atoms with E-state index in [-0.39, 0.29) is 30.1 Å². The maximum Gasteiger partial charge on any atom is 0.235 e. The first kappa shape index (κ1) is 19.9. The standard InChI is InChI=1S/C22H24FN5O3/c1-12-25-8-7-19(26-12)31-14-5-6-17(23)15(9-14)22-11-30-18(13-3-4-13)10-16(22)20(29)28(2)21(24)27-22/h5-9,13,16,18H,3-4,10-11H2,1-2H3,(H2,24,27)/t16-,18+,22+/m0/s1. The lowest BCUT2D eigenvalue weighted by Gasteiger charge is -2.47. The van der Waals surface area contributed by atoms with Crippen LogP contribution < -0.4 is 10.5 Å². The van der Waals surface area contributed by atoms with Gasteiger partial charge >= 0.3 is 0 Å². The highest BCUT2D eigenvalue weighted by Crippen LogP contribution is 2.50. The lowest BCUT2D eigenvalue weighted by molar-refractivity contribution is -0.146. The van der Waals surface area contributed by atoms with Gasteiger partial charge < -0.3 is 15.2 Å². The van der Waals surface area contributed by atoms with E-state index in [2.05, 4.69) is 15.0 Å². The molecule has 1 aliphatic carbocycles. The van der Waals surface area contributed by atoms with Gasteiger partial charge in [-0.3, -0.25) is 9.69 Å². The van der Waals surface area contributed by atoms with Crippen LogP contribution in [-0.4, -0.2) is 46.5 Å². The number of halogens is 1. The Hall–Kier alpha value is -3.07. The maximum absolute atomic E-state index is 15.2. The van der Waals surface area contributed by atoms with Crippen molar-refractivity contribution in [1.82, 2.24) is 14.9 Å². The maximum atomic E-state index is 15.2. The monoisotopic (exact) mass is 425 g/mol. The summed E-state index contributed by atoms with van der Waals surface area (Å²) >= 11 is 0. The number of fused-ring (bicyclic) bond motifs is 1. The number of carbonyl (C=O) groups is 1. The first-order valence-corrected chi connectivity index (χ1v) is 10.4. The van der Waals surface area contributed by atoms with E-state index in [4.69, 9.17) is 15.2 Å². The molecule has 8 nitrogen and oxygen atoms in total. The summed E-state index contributed by atoms with van der Waals surface area (Å²) < 4.78 is 27.1. The number of carbonyl (C=O) groups excluding carboxylic acids is 1. The van der Waals surface area contributed by atoms with E-state index in [1.165, 1.54) is 17.0 Å². The second-order valence-corrected chi connectivity index (χ2v) is 8.45. The molecule has 3 aliphatic rings. The molecule has 1 aromatic carbocycles. The van der Waals surface area contributed by atoms with E-state index in [9.17, 15) is 4.79 Å². The summed E-state index contributed by atoms with van der Waals surface area (Å²) in [6.07, 6.45) is 4.24. The van der Waals surface area contributed by atoms with Gasteiger partial charge in [0, 0.05) is 24.9 Å². The molecular formula is C22H24FN5O3. The van der Waals surface area contributed by atoms with Crippen LogP contribution in [0, 0.1) is 24.6 Å². The molecule has 1 saturated carbocycles. The van der Waals surface area contributed by atoms with Gasteiger partial charge in [-0.05, 0) is 50.3 Å². The molecule has 5 rings (SSSR count). The first-order valence-electron chi connectivity index (χ1n) is 10.4. The number of hydrogen-bond acceptors (Lipinski definition) is 7. The van der Waals surface area contributed by atoms with Crippen LogP contribution in [0.5, 0.6) is 11.6 Å². The number of aromatic nitrogens is 2. The molecule has 162 valence electrons. The number of aryl methyl sites for hydroxylation is 1. The van der Waals surface area contributed by atoms with Gasteiger partial charge in [0.1, 0.15) is 22.9 Å². The number of rotatable bonds is 4. The molecule has 9 heteroatoms. The summed E-state index contributed by atoms with van der Waals surface area (Å²) in [5, 5.41) is 0. The van der Waals surface area contributed by atoms with Crippen molar-refractivity contribution < 1.29 is 18.7 Å². The Morgan fingerprint density at radius 1 is 1.32 bits per heavy atom. The van der Waals surface area contributed by atoms with Crippen LogP contribution in [0.4, 0.5) is 4.39 Å². The van der Waals surface area contributed by atoms with E-state index in [1.807, 2.05) is 0 Å². The van der Waals surface area contributed by atoms with Crippen molar-refractivity contribution in [2.75, 3.05) is 13.7 Å². The van der Waals surface area contributed by atoms with E-state index in [0.29, 0.717) is 29.8 Å². The summed E-state index contributed by atoms with van der Waals surface area (Å²) in [5.41, 5.74) is 5.07. The summed E-state index contributed by atoms with van der Waals surface area (Å²) in [7, 11) is 1.60. The number of nitrogens with zero attached hydrogens (tertiary/aromatic N) is 4. The van der Waals surface area contributed by atoms with E-state index in [1.54, 1.807) is 32.3 Å². The SMILES string of the molecule is Cc1nccc(Oc2ccc(F)c([C@]34CO[C@@H](C5CC5)C[C@H]3C(=O)N(C)C(N)=N4)c2)n1. The van der Waals surface area contributed by atoms with Crippen molar-refractivity contribution >= 4 is 11.9 Å². The third kappa shape index (κ3) is 3.42. The Balaban J connectivity index is 1.56. The van der Waals surface area contributed by atoms with Crippen molar-refractivity contribution in [3.8, 4) is 11.6 Å². The van der Waals surface area contributed by atoms with Crippen LogP contribution in [-0.2, 0) is 15.1 Å². The summed E-state index contributed by atoms with van der Waals surface area (Å²) in [6, 6.07) is 6.01. The fourth-order valence-corrected chi connectivity index (χ4v) is 4.51. The fourth-order valence-electron chi connectivity index (χ4n) is 4.51. The van der Waals surface area contributed by atoms with Crippen LogP contribution >= 0.6 is 0 Å². The number of benzene rings is 1. The molecular weight excluding hydrogens is 401 g/mol. The number of amides is 1. The average molecular weight is 425 g/mol. The average Bonchev–Trinajstić information content (AvgIpc) is 3.59. The molecule has 2 N–H and O–H groups in total. The molecule has 0 bridgehead atoms. The van der Waals surface area contributed by atoms with Gasteiger partial charge in [-0.2, -0.15) is 4.98 Å². The molecule has 0 unspecified atom stereocenters. The number of ether oxygens (including phenoxy) is 2. The molecule has 2 aliphatic heterocycles. The Morgan fingerprint density at radius 2 is 2.13 bits per heavy atom. The Kier molecular flexibility index (Phi) is 4.65. The predicted molar refractivity (Wildman–Crippen MR) is 110 cm³/mol. The van der Waals surface area contributed by atoms with Crippen molar-refractivity contribution in [2.45, 2.75) is 37.8 Å². The van der Waals surface area contributed by atoms with Gasteiger partial charge in [-0.25, -0.2) is 14.4 Å². The highest BCUT2D eigenvalue weighted by molar-refractivity contribution is 6.00. The second kappa shape index (κ2) is 7.26. The molecule has 2 fully saturated rings. The third-order valence-electron chi connectivity index (χ3n) is 6.37. The lowest BCUT2D eigenvalue weighted by Crippen LogP contribution is -2.60. The van der Waals surface area contributed by atoms with Crippen LogP contribution in [0.3, 0.4) is 0 Å². The second-order valence-electron chi connectivity index (χ2n) is 8.45. The van der Waals surface area contributed by atoms with Crippen LogP contribution in [0.2, 0.25) is 0 Å². The van der Waals surface area contributed by atoms with Gasteiger partial charge in [0.15, 0.2) is 5.96 Å². The molecule has 3 heterocycles. The largest absolute Gasteiger partial charge is 0.439 e. The van der Waals surface area contributed by atoms with Crippen molar-refractivity contribution in [1.29, 1.82) is 0 Å². The van der Waals surface area contributed by atoms with Crippen molar-refractivity contribution in [2.24, 2.45) is 22.6 Å². The van der Waals surface area contributed by atoms with Crippen molar-refractivity contribution in [3.05, 3.63) is 47.7 Å². The molecule has 31 heavy (non-hydrogen) atoms. The molecule has 0 spiro atoms. The molecule has 1 aromatic heterocycles. The Morgan fingerprint density at radius 3 is 2.87 bits per heavy atom. The molecule has 1 saturated heterocycles. The smallest absolute Gasteiger partial charge is 0.235 e. The van der Waals surface area contributed by atoms with Crippen LogP contribution in [0.15, 0.2) is 35.5 Å². The minimum Gasteiger partial charge on any atom is -0.439 e. The fraction of sp³-hybridized carbons (Fsp3) is 0.455. The zero-order valence-electron chi connectivity index (χ0n) is 17.4. The highest BCUT2D eigenvalue weighted by atomic mass is 19.1. The zero-order chi connectivity index (χ0) is 21.8. The lowest BCUT2D eigenvalue weighted by atomic mass is 9.72. The van der Waals surface area contributed by atoms with Gasteiger partial charge in [0.25, 0.3) is 0 Å². The molecule has 2 aromatic rings. The Labute approximate surface area is 179 Å². The van der Waals surface area contributed by atoms with Gasteiger partial charge in [-0.1, -0.05) is 0 Å². The minimum absolute atomic E-state index is 0.0171. The Bertz CT molecular complexity index is 1070. The normalized spacial score (nSPS) is 28.2. The third-order valence-corrected chi connectivity index (χ3v) is 6.37.